The first-order valence-electron chi connectivity index (χ1n) is 7.40. The van der Waals surface area contributed by atoms with E-state index in [1.807, 2.05) is 25.1 Å². The van der Waals surface area contributed by atoms with Gasteiger partial charge in [-0.2, -0.15) is 5.26 Å². The maximum atomic E-state index is 12.9. The van der Waals surface area contributed by atoms with Gasteiger partial charge in [0.2, 0.25) is 5.88 Å². The normalized spacial score (nSPS) is 16.2. The molecule has 0 saturated heterocycles. The molecule has 0 spiro atoms. The molecule has 0 radical (unpaired) electrons. The summed E-state index contributed by atoms with van der Waals surface area (Å²) in [6.07, 6.45) is 0. The van der Waals surface area contributed by atoms with Crippen molar-refractivity contribution < 1.29 is 9.47 Å². The topological polar surface area (TPSA) is 90.3 Å². The first kappa shape index (κ1) is 15.7. The van der Waals surface area contributed by atoms with Gasteiger partial charge >= 0.3 is 0 Å². The fourth-order valence-electron chi connectivity index (χ4n) is 2.96. The van der Waals surface area contributed by atoms with Crippen LogP contribution in [0.15, 0.2) is 46.6 Å². The Balaban J connectivity index is 2.38. The van der Waals surface area contributed by atoms with Crippen molar-refractivity contribution in [3.8, 4) is 17.6 Å². The molecule has 122 valence electrons. The van der Waals surface area contributed by atoms with Gasteiger partial charge in [-0.05, 0) is 13.0 Å². The van der Waals surface area contributed by atoms with Crippen molar-refractivity contribution in [2.45, 2.75) is 12.8 Å². The van der Waals surface area contributed by atoms with E-state index in [1.54, 1.807) is 26.3 Å². The Morgan fingerprint density at radius 2 is 2.08 bits per heavy atom. The van der Waals surface area contributed by atoms with Gasteiger partial charge in [-0.3, -0.25) is 4.79 Å². The highest BCUT2D eigenvalue weighted by Gasteiger charge is 2.35. The number of allylic oxidation sites excluding steroid dienone is 1. The predicted molar refractivity (Wildman–Crippen MR) is 88.7 cm³/mol. The quantitative estimate of drug-likeness (QED) is 0.912. The molecule has 0 amide bonds. The standard InChI is InChI=1S/C18H17N3O3/c1-10-8-14-16(18(22)21(10)2)15(12(9-19)17(20)24-14)11-6-4-5-7-13(11)23-3/h4-8,15H,20H2,1-3H3/t15-/m0/s1. The van der Waals surface area contributed by atoms with E-state index in [4.69, 9.17) is 15.2 Å². The first-order valence-corrected chi connectivity index (χ1v) is 7.40. The number of para-hydroxylation sites is 1. The SMILES string of the molecule is COc1ccccc1[C@H]1C(C#N)=C(N)Oc2cc(C)n(C)c(=O)c21. The second-order valence-electron chi connectivity index (χ2n) is 5.59. The Morgan fingerprint density at radius 3 is 2.75 bits per heavy atom. The van der Waals surface area contributed by atoms with Crippen LogP contribution in [0.25, 0.3) is 0 Å². The summed E-state index contributed by atoms with van der Waals surface area (Å²) in [7, 11) is 3.23. The van der Waals surface area contributed by atoms with Crippen molar-refractivity contribution in [3.63, 3.8) is 0 Å². The molecule has 1 aromatic carbocycles. The molecular weight excluding hydrogens is 306 g/mol. The lowest BCUT2D eigenvalue weighted by atomic mass is 9.83. The van der Waals surface area contributed by atoms with Crippen molar-refractivity contribution in [3.05, 3.63) is 69.0 Å². The molecular formula is C18H17N3O3. The molecule has 6 nitrogen and oxygen atoms in total. The lowest BCUT2D eigenvalue weighted by Crippen LogP contribution is -2.31. The minimum Gasteiger partial charge on any atom is -0.496 e. The van der Waals surface area contributed by atoms with E-state index in [0.717, 1.165) is 5.69 Å². The Hall–Kier alpha value is -3.20. The summed E-state index contributed by atoms with van der Waals surface area (Å²) in [5.74, 6) is 0.337. The Labute approximate surface area is 139 Å². The van der Waals surface area contributed by atoms with Gasteiger partial charge in [-0.15, -0.1) is 0 Å². The van der Waals surface area contributed by atoms with Crippen molar-refractivity contribution in [1.29, 1.82) is 5.26 Å². The van der Waals surface area contributed by atoms with E-state index in [2.05, 4.69) is 6.07 Å². The van der Waals surface area contributed by atoms with Gasteiger partial charge in [0, 0.05) is 24.4 Å². The Morgan fingerprint density at radius 1 is 1.38 bits per heavy atom. The number of nitrogens with two attached hydrogens (primary N) is 1. The van der Waals surface area contributed by atoms with E-state index < -0.39 is 5.92 Å². The fourth-order valence-corrected chi connectivity index (χ4v) is 2.96. The lowest BCUT2D eigenvalue weighted by molar-refractivity contribution is 0.383. The fraction of sp³-hybridized carbons (Fsp3) is 0.222. The number of fused-ring (bicyclic) bond motifs is 1. The average molecular weight is 323 g/mol. The van der Waals surface area contributed by atoms with Crippen LogP contribution in [0.3, 0.4) is 0 Å². The number of hydrogen-bond donors (Lipinski definition) is 1. The van der Waals surface area contributed by atoms with Gasteiger partial charge < -0.3 is 19.8 Å². The highest BCUT2D eigenvalue weighted by atomic mass is 16.5. The molecule has 2 heterocycles. The molecule has 0 fully saturated rings. The van der Waals surface area contributed by atoms with Gasteiger partial charge in [0.1, 0.15) is 23.1 Å². The predicted octanol–water partition coefficient (Wildman–Crippen LogP) is 1.92. The van der Waals surface area contributed by atoms with Gasteiger partial charge in [-0.1, -0.05) is 18.2 Å². The second kappa shape index (κ2) is 5.78. The van der Waals surface area contributed by atoms with Crippen LogP contribution in [0.4, 0.5) is 0 Å². The smallest absolute Gasteiger partial charge is 0.258 e. The number of nitrogens with zero attached hydrogens (tertiary/aromatic N) is 2. The molecule has 1 atom stereocenters. The number of aryl methyl sites for hydroxylation is 1. The van der Waals surface area contributed by atoms with Crippen LogP contribution >= 0.6 is 0 Å². The van der Waals surface area contributed by atoms with Crippen molar-refractivity contribution >= 4 is 0 Å². The molecule has 1 aromatic heterocycles. The van der Waals surface area contributed by atoms with E-state index in [1.165, 1.54) is 4.57 Å². The van der Waals surface area contributed by atoms with Gasteiger partial charge in [0.15, 0.2) is 0 Å². The molecule has 1 aliphatic rings. The van der Waals surface area contributed by atoms with Crippen LogP contribution in [-0.2, 0) is 7.05 Å². The van der Waals surface area contributed by atoms with Gasteiger partial charge in [0.25, 0.3) is 5.56 Å². The first-order chi connectivity index (χ1) is 11.5. The maximum absolute atomic E-state index is 12.9. The molecule has 0 unspecified atom stereocenters. The number of nitriles is 1. The van der Waals surface area contributed by atoms with E-state index in [9.17, 15) is 10.1 Å². The summed E-state index contributed by atoms with van der Waals surface area (Å²) < 4.78 is 12.5. The number of methoxy groups -OCH3 is 1. The van der Waals surface area contributed by atoms with Crippen molar-refractivity contribution in [2.24, 2.45) is 12.8 Å². The molecule has 2 N–H and O–H groups in total. The van der Waals surface area contributed by atoms with Crippen molar-refractivity contribution in [2.75, 3.05) is 7.11 Å². The minimum atomic E-state index is -0.630. The largest absolute Gasteiger partial charge is 0.496 e. The lowest BCUT2D eigenvalue weighted by Gasteiger charge is -2.27. The molecule has 3 rings (SSSR count). The zero-order valence-corrected chi connectivity index (χ0v) is 13.7. The van der Waals surface area contributed by atoms with Crippen LogP contribution in [0, 0.1) is 18.3 Å². The molecule has 1 aliphatic heterocycles. The van der Waals surface area contributed by atoms with Crippen LogP contribution in [-0.4, -0.2) is 11.7 Å². The number of rotatable bonds is 2. The minimum absolute atomic E-state index is 0.00793. The number of aromatic nitrogens is 1. The molecule has 2 aromatic rings. The van der Waals surface area contributed by atoms with Gasteiger partial charge in [0.05, 0.1) is 18.6 Å². The summed E-state index contributed by atoms with van der Waals surface area (Å²) >= 11 is 0. The highest BCUT2D eigenvalue weighted by Crippen LogP contribution is 2.43. The van der Waals surface area contributed by atoms with E-state index >= 15 is 0 Å². The van der Waals surface area contributed by atoms with Crippen LogP contribution in [0.2, 0.25) is 0 Å². The zero-order chi connectivity index (χ0) is 17.4. The average Bonchev–Trinajstić information content (AvgIpc) is 2.58. The van der Waals surface area contributed by atoms with E-state index in [-0.39, 0.29) is 17.0 Å². The third kappa shape index (κ3) is 2.22. The summed E-state index contributed by atoms with van der Waals surface area (Å²) in [6, 6.07) is 11.1. The molecule has 0 bridgehead atoms. The molecule has 0 saturated carbocycles. The van der Waals surface area contributed by atoms with Crippen molar-refractivity contribution in [1.82, 2.24) is 4.57 Å². The van der Waals surface area contributed by atoms with E-state index in [0.29, 0.717) is 22.6 Å². The van der Waals surface area contributed by atoms with Crippen LogP contribution < -0.4 is 20.8 Å². The molecule has 24 heavy (non-hydrogen) atoms. The Kier molecular flexibility index (Phi) is 3.78. The van der Waals surface area contributed by atoms with Gasteiger partial charge in [-0.25, -0.2) is 0 Å². The molecule has 0 aliphatic carbocycles. The Bertz CT molecular complexity index is 951. The summed E-state index contributed by atoms with van der Waals surface area (Å²) in [5.41, 5.74) is 7.76. The summed E-state index contributed by atoms with van der Waals surface area (Å²) in [4.78, 5) is 12.9. The highest BCUT2D eigenvalue weighted by molar-refractivity contribution is 5.58. The second-order valence-corrected chi connectivity index (χ2v) is 5.59. The van der Waals surface area contributed by atoms with Crippen LogP contribution in [0.1, 0.15) is 22.7 Å². The molecule has 6 heteroatoms. The van der Waals surface area contributed by atoms with Crippen LogP contribution in [0.5, 0.6) is 11.5 Å². The number of pyridine rings is 1. The zero-order valence-electron chi connectivity index (χ0n) is 13.7. The monoisotopic (exact) mass is 323 g/mol. The number of ether oxygens (including phenoxy) is 2. The third-order valence-corrected chi connectivity index (χ3v) is 4.30. The maximum Gasteiger partial charge on any atom is 0.258 e. The number of benzene rings is 1. The summed E-state index contributed by atoms with van der Waals surface area (Å²) in [5, 5.41) is 9.58. The number of hydrogen-bond acceptors (Lipinski definition) is 5. The summed E-state index contributed by atoms with van der Waals surface area (Å²) in [6.45, 7) is 1.81. The third-order valence-electron chi connectivity index (χ3n) is 4.30.